The highest BCUT2D eigenvalue weighted by Gasteiger charge is 2.65. The van der Waals surface area contributed by atoms with E-state index in [0.29, 0.717) is 16.7 Å². The van der Waals surface area contributed by atoms with Gasteiger partial charge < -0.3 is 15.3 Å². The van der Waals surface area contributed by atoms with Crippen molar-refractivity contribution in [2.45, 2.75) is 32.3 Å². The molecular weight excluding hydrogens is 244 g/mol. The third-order valence-electron chi connectivity index (χ3n) is 5.07. The van der Waals surface area contributed by atoms with Gasteiger partial charge in [-0.25, -0.2) is 0 Å². The van der Waals surface area contributed by atoms with Crippen molar-refractivity contribution < 1.29 is 20.1 Å². The van der Waals surface area contributed by atoms with Crippen LogP contribution in [0, 0.1) is 5.41 Å². The molecule has 1 saturated carbocycles. The van der Waals surface area contributed by atoms with Crippen LogP contribution in [0.3, 0.4) is 0 Å². The SMILES string of the molecule is CC1=C2C(=CC(CO)=C2CO)C(=O)[C@](C)(O)C12CC2. The van der Waals surface area contributed by atoms with Crippen LogP contribution in [-0.2, 0) is 4.79 Å². The Hall–Kier alpha value is -1.23. The lowest BCUT2D eigenvalue weighted by atomic mass is 9.67. The summed E-state index contributed by atoms with van der Waals surface area (Å²) in [5.74, 6) is -0.292. The smallest absolute Gasteiger partial charge is 0.195 e. The Labute approximate surface area is 111 Å². The lowest BCUT2D eigenvalue weighted by Crippen LogP contribution is -2.49. The summed E-state index contributed by atoms with van der Waals surface area (Å²) in [5.41, 5.74) is 1.52. The molecule has 0 aliphatic heterocycles. The molecule has 19 heavy (non-hydrogen) atoms. The number of aliphatic hydroxyl groups is 3. The number of carbonyl (C=O) groups excluding carboxylic acids is 1. The van der Waals surface area contributed by atoms with Crippen molar-refractivity contribution in [2.24, 2.45) is 5.41 Å². The van der Waals surface area contributed by atoms with Crippen molar-refractivity contribution in [3.8, 4) is 0 Å². The Bertz CT molecular complexity index is 571. The number of ketones is 1. The first-order valence-corrected chi connectivity index (χ1v) is 6.55. The summed E-state index contributed by atoms with van der Waals surface area (Å²) in [7, 11) is 0. The second-order valence-electron chi connectivity index (χ2n) is 5.86. The van der Waals surface area contributed by atoms with Crippen LogP contribution in [0.25, 0.3) is 0 Å². The zero-order valence-electron chi connectivity index (χ0n) is 11.2. The third-order valence-corrected chi connectivity index (χ3v) is 5.07. The lowest BCUT2D eigenvalue weighted by Gasteiger charge is -2.39. The number of fused-ring (bicyclic) bond motifs is 1. The maximum Gasteiger partial charge on any atom is 0.195 e. The van der Waals surface area contributed by atoms with Gasteiger partial charge in [-0.3, -0.25) is 4.79 Å². The standard InChI is InChI=1S/C15H18O4/c1-8-12-10(5-9(6-16)11(12)7-17)13(18)14(2,19)15(8)3-4-15/h5,16-17,19H,3-4,6-7H2,1-2H3/t14-/m0/s1. The van der Waals surface area contributed by atoms with Crippen LogP contribution >= 0.6 is 0 Å². The summed E-state index contributed by atoms with van der Waals surface area (Å²) in [6, 6.07) is 0. The average Bonchev–Trinajstić information content (AvgIpc) is 3.11. The molecule has 3 N–H and O–H groups in total. The maximum atomic E-state index is 12.5. The highest BCUT2D eigenvalue weighted by atomic mass is 16.3. The summed E-state index contributed by atoms with van der Waals surface area (Å²) in [5, 5.41) is 29.5. The molecule has 0 aromatic carbocycles. The van der Waals surface area contributed by atoms with Crippen molar-refractivity contribution >= 4 is 5.78 Å². The second-order valence-corrected chi connectivity index (χ2v) is 5.86. The Kier molecular flexibility index (Phi) is 2.46. The second kappa shape index (κ2) is 3.66. The molecule has 3 rings (SSSR count). The predicted octanol–water partition coefficient (Wildman–Crippen LogP) is 0.638. The van der Waals surface area contributed by atoms with Gasteiger partial charge in [0.1, 0.15) is 5.60 Å². The van der Waals surface area contributed by atoms with E-state index in [4.69, 9.17) is 0 Å². The summed E-state index contributed by atoms with van der Waals surface area (Å²) >= 11 is 0. The van der Waals surface area contributed by atoms with Crippen molar-refractivity contribution in [2.75, 3.05) is 13.2 Å². The first kappa shape index (κ1) is 12.8. The monoisotopic (exact) mass is 262 g/mol. The van der Waals surface area contributed by atoms with E-state index in [-0.39, 0.29) is 19.0 Å². The van der Waals surface area contributed by atoms with Crippen LogP contribution in [0.1, 0.15) is 26.7 Å². The number of hydrogen-bond donors (Lipinski definition) is 3. The van der Waals surface area contributed by atoms with Crippen molar-refractivity contribution in [1.82, 2.24) is 0 Å². The van der Waals surface area contributed by atoms with Gasteiger partial charge in [-0.1, -0.05) is 5.57 Å². The quantitative estimate of drug-likeness (QED) is 0.682. The Morgan fingerprint density at radius 1 is 1.26 bits per heavy atom. The molecule has 0 saturated heterocycles. The minimum atomic E-state index is -1.38. The normalized spacial score (nSPS) is 32.1. The van der Waals surface area contributed by atoms with Crippen LogP contribution in [0.15, 0.2) is 33.9 Å². The number of rotatable bonds is 2. The van der Waals surface area contributed by atoms with E-state index in [0.717, 1.165) is 24.0 Å². The van der Waals surface area contributed by atoms with E-state index >= 15 is 0 Å². The summed E-state index contributed by atoms with van der Waals surface area (Å²) in [6.07, 6.45) is 3.19. The Morgan fingerprint density at radius 2 is 1.89 bits per heavy atom. The topological polar surface area (TPSA) is 77.8 Å². The summed E-state index contributed by atoms with van der Waals surface area (Å²) < 4.78 is 0. The highest BCUT2D eigenvalue weighted by Crippen LogP contribution is 2.64. The first-order chi connectivity index (χ1) is 8.90. The summed E-state index contributed by atoms with van der Waals surface area (Å²) in [6.45, 7) is 3.10. The molecule has 1 spiro atoms. The highest BCUT2D eigenvalue weighted by molar-refractivity contribution is 6.10. The largest absolute Gasteiger partial charge is 0.392 e. The molecule has 0 bridgehead atoms. The fraction of sp³-hybridized carbons (Fsp3) is 0.533. The molecule has 1 atom stereocenters. The fourth-order valence-corrected chi connectivity index (χ4v) is 3.66. The number of aliphatic hydroxyl groups excluding tert-OH is 2. The van der Waals surface area contributed by atoms with Gasteiger partial charge in [-0.05, 0) is 49.5 Å². The molecule has 0 amide bonds. The van der Waals surface area contributed by atoms with E-state index in [9.17, 15) is 20.1 Å². The van der Waals surface area contributed by atoms with Gasteiger partial charge in [0, 0.05) is 11.0 Å². The molecule has 4 heteroatoms. The Balaban J connectivity index is 2.26. The molecular formula is C15H18O4. The molecule has 4 nitrogen and oxygen atoms in total. The molecule has 0 radical (unpaired) electrons. The zero-order valence-corrected chi connectivity index (χ0v) is 11.2. The molecule has 0 aromatic heterocycles. The molecule has 3 aliphatic carbocycles. The maximum absolute atomic E-state index is 12.5. The van der Waals surface area contributed by atoms with Gasteiger partial charge in [0.05, 0.1) is 13.2 Å². The molecule has 0 heterocycles. The minimum absolute atomic E-state index is 0.200. The number of Topliss-reactive ketones (excluding diaryl/α,β-unsaturated/α-hetero) is 1. The lowest BCUT2D eigenvalue weighted by molar-refractivity contribution is -0.137. The fourth-order valence-electron chi connectivity index (χ4n) is 3.66. The zero-order chi connectivity index (χ0) is 14.0. The van der Waals surface area contributed by atoms with Crippen molar-refractivity contribution in [1.29, 1.82) is 0 Å². The number of carbonyl (C=O) groups is 1. The van der Waals surface area contributed by atoms with Crippen LogP contribution in [-0.4, -0.2) is 39.9 Å². The predicted molar refractivity (Wildman–Crippen MR) is 69.3 cm³/mol. The van der Waals surface area contributed by atoms with Gasteiger partial charge in [-0.2, -0.15) is 0 Å². The summed E-state index contributed by atoms with van der Waals surface area (Å²) in [4.78, 5) is 12.5. The molecule has 0 aromatic rings. The molecule has 0 unspecified atom stereocenters. The molecule has 102 valence electrons. The van der Waals surface area contributed by atoms with Gasteiger partial charge in [0.25, 0.3) is 0 Å². The minimum Gasteiger partial charge on any atom is -0.392 e. The molecule has 1 fully saturated rings. The van der Waals surface area contributed by atoms with E-state index in [1.54, 1.807) is 13.0 Å². The third kappa shape index (κ3) is 1.31. The van der Waals surface area contributed by atoms with Crippen LogP contribution < -0.4 is 0 Å². The van der Waals surface area contributed by atoms with Crippen LogP contribution in [0.2, 0.25) is 0 Å². The Morgan fingerprint density at radius 3 is 2.37 bits per heavy atom. The molecule has 3 aliphatic rings. The van der Waals surface area contributed by atoms with Crippen molar-refractivity contribution in [3.63, 3.8) is 0 Å². The van der Waals surface area contributed by atoms with Gasteiger partial charge in [0.15, 0.2) is 5.78 Å². The van der Waals surface area contributed by atoms with E-state index in [1.165, 1.54) is 0 Å². The van der Waals surface area contributed by atoms with Gasteiger partial charge in [-0.15, -0.1) is 0 Å². The average molecular weight is 262 g/mol. The van der Waals surface area contributed by atoms with E-state index < -0.39 is 11.0 Å². The van der Waals surface area contributed by atoms with Crippen LogP contribution in [0.5, 0.6) is 0 Å². The van der Waals surface area contributed by atoms with Gasteiger partial charge >= 0.3 is 0 Å². The van der Waals surface area contributed by atoms with Crippen molar-refractivity contribution in [3.05, 3.63) is 33.9 Å². The van der Waals surface area contributed by atoms with Crippen LogP contribution in [0.4, 0.5) is 0 Å². The number of hydrogen-bond acceptors (Lipinski definition) is 4. The van der Waals surface area contributed by atoms with Gasteiger partial charge in [0.2, 0.25) is 0 Å². The van der Waals surface area contributed by atoms with E-state index in [1.807, 2.05) is 6.92 Å². The first-order valence-electron chi connectivity index (χ1n) is 6.55. The van der Waals surface area contributed by atoms with E-state index in [2.05, 4.69) is 0 Å².